The summed E-state index contributed by atoms with van der Waals surface area (Å²) in [5.74, 6) is 0.548. The van der Waals surface area contributed by atoms with E-state index in [1.54, 1.807) is 0 Å². The fourth-order valence-electron chi connectivity index (χ4n) is 5.01. The number of carbonyl (C=O) groups excluding carboxylic acids is 1. The number of rotatable bonds is 7. The fraction of sp³-hybridized carbons (Fsp3) is 0.345. The highest BCUT2D eigenvalue weighted by Gasteiger charge is 2.37. The Hall–Kier alpha value is -2.98. The first kappa shape index (κ1) is 23.2. The second kappa shape index (κ2) is 10.3. The summed E-state index contributed by atoms with van der Waals surface area (Å²) < 4.78 is 13.4. The van der Waals surface area contributed by atoms with Crippen molar-refractivity contribution in [2.24, 2.45) is 5.92 Å². The molecule has 0 aliphatic carbocycles. The molecule has 1 aliphatic rings. The molecule has 172 valence electrons. The Labute approximate surface area is 196 Å². The minimum absolute atomic E-state index is 0.0890. The molecule has 0 aromatic heterocycles. The Morgan fingerprint density at radius 2 is 1.64 bits per heavy atom. The van der Waals surface area contributed by atoms with Crippen molar-refractivity contribution in [3.05, 3.63) is 107 Å². The molecular weight excluding hydrogens is 411 g/mol. The predicted molar refractivity (Wildman–Crippen MR) is 132 cm³/mol. The lowest BCUT2D eigenvalue weighted by molar-refractivity contribution is 0.0668. The Balaban J connectivity index is 1.58. The Morgan fingerprint density at radius 3 is 2.30 bits per heavy atom. The second-order valence-electron chi connectivity index (χ2n) is 9.46. The van der Waals surface area contributed by atoms with Crippen LogP contribution in [-0.2, 0) is 6.54 Å². The predicted octanol–water partition coefficient (Wildman–Crippen LogP) is 5.90. The van der Waals surface area contributed by atoms with E-state index in [0.717, 1.165) is 30.8 Å². The minimum Gasteiger partial charge on any atom is -0.336 e. The van der Waals surface area contributed by atoms with Gasteiger partial charge < -0.3 is 4.90 Å². The van der Waals surface area contributed by atoms with Gasteiger partial charge in [0.1, 0.15) is 5.82 Å². The van der Waals surface area contributed by atoms with Gasteiger partial charge in [-0.2, -0.15) is 0 Å². The van der Waals surface area contributed by atoms with Gasteiger partial charge in [0.2, 0.25) is 0 Å². The van der Waals surface area contributed by atoms with Crippen LogP contribution in [0.15, 0.2) is 78.9 Å². The van der Waals surface area contributed by atoms with E-state index in [0.29, 0.717) is 18.4 Å². The summed E-state index contributed by atoms with van der Waals surface area (Å²) in [6.45, 7) is 9.69. The van der Waals surface area contributed by atoms with Gasteiger partial charge >= 0.3 is 0 Å². The summed E-state index contributed by atoms with van der Waals surface area (Å²) >= 11 is 0. The maximum Gasteiger partial charge on any atom is 0.254 e. The lowest BCUT2D eigenvalue weighted by Crippen LogP contribution is -2.42. The number of nitrogens with zero attached hydrogens (tertiary/aromatic N) is 2. The molecule has 0 spiro atoms. The van der Waals surface area contributed by atoms with Crippen molar-refractivity contribution in [2.45, 2.75) is 39.3 Å². The third-order valence-corrected chi connectivity index (χ3v) is 6.76. The smallest absolute Gasteiger partial charge is 0.254 e. The van der Waals surface area contributed by atoms with E-state index in [2.05, 4.69) is 49.9 Å². The summed E-state index contributed by atoms with van der Waals surface area (Å²) in [5.41, 5.74) is 4.50. The summed E-state index contributed by atoms with van der Waals surface area (Å²) in [6, 6.07) is 25.1. The number of likely N-dealkylation sites (tertiary alicyclic amines) is 1. The molecule has 0 bridgehead atoms. The monoisotopic (exact) mass is 444 g/mol. The van der Waals surface area contributed by atoms with Crippen LogP contribution < -0.4 is 0 Å². The van der Waals surface area contributed by atoms with Gasteiger partial charge in [-0.3, -0.25) is 9.69 Å². The zero-order valence-electron chi connectivity index (χ0n) is 19.7. The van der Waals surface area contributed by atoms with Gasteiger partial charge in [0.25, 0.3) is 5.91 Å². The topological polar surface area (TPSA) is 23.6 Å². The molecule has 4 rings (SSSR count). The van der Waals surface area contributed by atoms with Gasteiger partial charge in [0.05, 0.1) is 0 Å². The largest absolute Gasteiger partial charge is 0.336 e. The molecule has 33 heavy (non-hydrogen) atoms. The van der Waals surface area contributed by atoms with Gasteiger partial charge in [-0.15, -0.1) is 0 Å². The minimum atomic E-state index is -0.206. The van der Waals surface area contributed by atoms with Crippen LogP contribution in [0.2, 0.25) is 0 Å². The molecule has 1 saturated heterocycles. The highest BCUT2D eigenvalue weighted by atomic mass is 19.1. The van der Waals surface area contributed by atoms with E-state index in [9.17, 15) is 9.18 Å². The van der Waals surface area contributed by atoms with Gasteiger partial charge in [-0.05, 0) is 67.6 Å². The normalized spacial score (nSPS) is 18.6. The molecular formula is C29H33FN2O. The fourth-order valence-corrected chi connectivity index (χ4v) is 5.01. The first-order valence-electron chi connectivity index (χ1n) is 11.8. The quantitative estimate of drug-likeness (QED) is 0.453. The van der Waals surface area contributed by atoms with Crippen LogP contribution in [0, 0.1) is 18.7 Å². The van der Waals surface area contributed by atoms with E-state index in [1.165, 1.54) is 23.3 Å². The molecule has 3 aromatic carbocycles. The van der Waals surface area contributed by atoms with Gasteiger partial charge in [-0.25, -0.2) is 4.39 Å². The number of carbonyl (C=O) groups is 1. The number of benzene rings is 3. The summed E-state index contributed by atoms with van der Waals surface area (Å²) in [4.78, 5) is 17.8. The summed E-state index contributed by atoms with van der Waals surface area (Å²) in [7, 11) is 0. The SMILES string of the molecule is Cc1ccccc1C1CN(Cc2ccc(F)cc2)CC1CN(C(=O)c1ccccc1)C(C)C. The van der Waals surface area contributed by atoms with Crippen LogP contribution in [0.25, 0.3) is 0 Å². The van der Waals surface area contributed by atoms with Crippen molar-refractivity contribution < 1.29 is 9.18 Å². The molecule has 0 N–H and O–H groups in total. The first-order valence-corrected chi connectivity index (χ1v) is 11.8. The van der Waals surface area contributed by atoms with Crippen LogP contribution >= 0.6 is 0 Å². The van der Waals surface area contributed by atoms with E-state index in [1.807, 2.05) is 47.4 Å². The van der Waals surface area contributed by atoms with E-state index in [-0.39, 0.29) is 17.8 Å². The Bertz CT molecular complexity index is 1060. The van der Waals surface area contributed by atoms with Crippen molar-refractivity contribution in [3.8, 4) is 0 Å². The van der Waals surface area contributed by atoms with Gasteiger partial charge in [-0.1, -0.05) is 54.6 Å². The van der Waals surface area contributed by atoms with Crippen LogP contribution in [0.3, 0.4) is 0 Å². The van der Waals surface area contributed by atoms with Gasteiger partial charge in [0.15, 0.2) is 0 Å². The number of aryl methyl sites for hydroxylation is 1. The van der Waals surface area contributed by atoms with Crippen molar-refractivity contribution in [3.63, 3.8) is 0 Å². The third kappa shape index (κ3) is 5.51. The summed E-state index contributed by atoms with van der Waals surface area (Å²) in [5, 5.41) is 0. The first-order chi connectivity index (χ1) is 15.9. The molecule has 3 nitrogen and oxygen atoms in total. The average molecular weight is 445 g/mol. The van der Waals surface area contributed by atoms with Crippen molar-refractivity contribution in [2.75, 3.05) is 19.6 Å². The molecule has 3 aromatic rings. The lowest BCUT2D eigenvalue weighted by atomic mass is 9.86. The highest BCUT2D eigenvalue weighted by Crippen LogP contribution is 2.36. The maximum atomic E-state index is 13.4. The zero-order valence-corrected chi connectivity index (χ0v) is 19.7. The van der Waals surface area contributed by atoms with Crippen molar-refractivity contribution in [1.82, 2.24) is 9.80 Å². The van der Waals surface area contributed by atoms with Crippen LogP contribution in [-0.4, -0.2) is 41.4 Å². The molecule has 0 radical (unpaired) electrons. The molecule has 2 atom stereocenters. The second-order valence-corrected chi connectivity index (χ2v) is 9.46. The number of amides is 1. The molecule has 2 unspecified atom stereocenters. The highest BCUT2D eigenvalue weighted by molar-refractivity contribution is 5.94. The number of halogens is 1. The van der Waals surface area contributed by atoms with Crippen LogP contribution in [0.4, 0.5) is 4.39 Å². The molecule has 1 fully saturated rings. The van der Waals surface area contributed by atoms with Crippen molar-refractivity contribution >= 4 is 5.91 Å². The van der Waals surface area contributed by atoms with E-state index in [4.69, 9.17) is 0 Å². The van der Waals surface area contributed by atoms with E-state index < -0.39 is 0 Å². The molecule has 1 aliphatic heterocycles. The number of hydrogen-bond donors (Lipinski definition) is 0. The average Bonchev–Trinajstić information content (AvgIpc) is 3.21. The van der Waals surface area contributed by atoms with Crippen molar-refractivity contribution in [1.29, 1.82) is 0 Å². The third-order valence-electron chi connectivity index (χ3n) is 6.76. The Kier molecular flexibility index (Phi) is 7.24. The molecule has 0 saturated carbocycles. The van der Waals surface area contributed by atoms with Gasteiger partial charge in [0, 0.05) is 43.7 Å². The Morgan fingerprint density at radius 1 is 0.970 bits per heavy atom. The lowest BCUT2D eigenvalue weighted by Gasteiger charge is -2.32. The molecule has 4 heteroatoms. The van der Waals surface area contributed by atoms with E-state index >= 15 is 0 Å². The zero-order chi connectivity index (χ0) is 23.4. The number of hydrogen-bond acceptors (Lipinski definition) is 2. The van der Waals surface area contributed by atoms with Crippen LogP contribution in [0.1, 0.15) is 46.8 Å². The molecule has 1 amide bonds. The molecule has 1 heterocycles. The summed E-state index contributed by atoms with van der Waals surface area (Å²) in [6.07, 6.45) is 0. The standard InChI is InChI=1S/C29H33FN2O/c1-21(2)32(29(33)24-10-5-4-6-11-24)19-25-18-31(17-23-13-15-26(30)16-14-23)20-28(25)27-12-8-7-9-22(27)3/h4-16,21,25,28H,17-20H2,1-3H3. The maximum absolute atomic E-state index is 13.4. The van der Waals surface area contributed by atoms with Crippen LogP contribution in [0.5, 0.6) is 0 Å².